The number of hydrogen-bond donors (Lipinski definition) is 0. The van der Waals surface area contributed by atoms with E-state index in [0.717, 1.165) is 25.7 Å². The maximum Gasteiger partial charge on any atom is 0.265 e. The van der Waals surface area contributed by atoms with Gasteiger partial charge < -0.3 is 4.90 Å². The highest BCUT2D eigenvalue weighted by atomic mass is 32.2. The van der Waals surface area contributed by atoms with E-state index < -0.39 is 10.0 Å². The summed E-state index contributed by atoms with van der Waals surface area (Å²) in [6.45, 7) is 6.84. The molecule has 2 unspecified atom stereocenters. The summed E-state index contributed by atoms with van der Waals surface area (Å²) in [5.74, 6) is 0.790. The molecule has 2 aliphatic rings. The minimum absolute atomic E-state index is 0.126. The molecule has 0 aliphatic carbocycles. The molecule has 24 heavy (non-hydrogen) atoms. The van der Waals surface area contributed by atoms with Crippen molar-refractivity contribution in [2.24, 2.45) is 11.8 Å². The SMILES string of the molecule is CC1CC(C)CN(C(=O)c2sccc2S(=O)(=O)N2CCCCC2)C1. The molecule has 3 heterocycles. The quantitative estimate of drug-likeness (QED) is 0.822. The lowest BCUT2D eigenvalue weighted by Gasteiger charge is -2.35. The number of amides is 1. The summed E-state index contributed by atoms with van der Waals surface area (Å²) in [6, 6.07) is 1.60. The van der Waals surface area contributed by atoms with E-state index in [1.54, 1.807) is 11.4 Å². The predicted molar refractivity (Wildman–Crippen MR) is 95.8 cm³/mol. The van der Waals surface area contributed by atoms with E-state index in [-0.39, 0.29) is 10.8 Å². The second-order valence-electron chi connectivity index (χ2n) is 7.23. The van der Waals surface area contributed by atoms with Crippen LogP contribution in [0.25, 0.3) is 0 Å². The average molecular weight is 371 g/mol. The molecule has 2 fully saturated rings. The highest BCUT2D eigenvalue weighted by Crippen LogP contribution is 2.30. The number of sulfonamides is 1. The van der Waals surface area contributed by atoms with Gasteiger partial charge in [-0.1, -0.05) is 20.3 Å². The molecule has 0 bridgehead atoms. The van der Waals surface area contributed by atoms with Crippen molar-refractivity contribution in [1.82, 2.24) is 9.21 Å². The summed E-state index contributed by atoms with van der Waals surface area (Å²) in [7, 11) is -3.56. The number of hydrogen-bond acceptors (Lipinski definition) is 4. The van der Waals surface area contributed by atoms with Gasteiger partial charge in [-0.05, 0) is 42.5 Å². The zero-order valence-corrected chi connectivity index (χ0v) is 16.0. The Hall–Kier alpha value is -0.920. The molecule has 0 aromatic carbocycles. The van der Waals surface area contributed by atoms with Crippen LogP contribution < -0.4 is 0 Å². The first-order valence-corrected chi connectivity index (χ1v) is 11.1. The van der Waals surface area contributed by atoms with Crippen LogP contribution in [0.3, 0.4) is 0 Å². The molecule has 2 saturated heterocycles. The highest BCUT2D eigenvalue weighted by molar-refractivity contribution is 7.89. The van der Waals surface area contributed by atoms with Crippen molar-refractivity contribution in [3.8, 4) is 0 Å². The second kappa shape index (κ2) is 7.14. The third-order valence-corrected chi connectivity index (χ3v) is 7.88. The normalized spacial score (nSPS) is 26.5. The summed E-state index contributed by atoms with van der Waals surface area (Å²) in [5.41, 5.74) is 0. The average Bonchev–Trinajstić information content (AvgIpc) is 3.04. The summed E-state index contributed by atoms with van der Waals surface area (Å²) in [4.78, 5) is 15.4. The van der Waals surface area contributed by atoms with Crippen LogP contribution in [0.1, 0.15) is 49.2 Å². The maximum absolute atomic E-state index is 13.0. The molecule has 2 aliphatic heterocycles. The van der Waals surface area contributed by atoms with Crippen molar-refractivity contribution in [1.29, 1.82) is 0 Å². The van der Waals surface area contributed by atoms with E-state index in [0.29, 0.717) is 42.9 Å². The Balaban J connectivity index is 1.85. The molecule has 134 valence electrons. The zero-order chi connectivity index (χ0) is 17.3. The zero-order valence-electron chi connectivity index (χ0n) is 14.4. The van der Waals surface area contributed by atoms with E-state index in [1.807, 2.05) is 4.90 Å². The second-order valence-corrected chi connectivity index (χ2v) is 10.1. The molecule has 0 radical (unpaired) electrons. The molecule has 1 aromatic rings. The van der Waals surface area contributed by atoms with Gasteiger partial charge in [-0.3, -0.25) is 4.79 Å². The third kappa shape index (κ3) is 3.53. The van der Waals surface area contributed by atoms with E-state index in [4.69, 9.17) is 0 Å². The van der Waals surface area contributed by atoms with Gasteiger partial charge in [0.25, 0.3) is 5.91 Å². The van der Waals surface area contributed by atoms with Crippen molar-refractivity contribution in [3.63, 3.8) is 0 Å². The summed E-state index contributed by atoms with van der Waals surface area (Å²) in [6.07, 6.45) is 3.99. The number of carbonyl (C=O) groups excluding carboxylic acids is 1. The van der Waals surface area contributed by atoms with Crippen LogP contribution in [0.15, 0.2) is 16.3 Å². The summed E-state index contributed by atoms with van der Waals surface area (Å²) < 4.78 is 27.4. The van der Waals surface area contributed by atoms with Crippen LogP contribution in [0.5, 0.6) is 0 Å². The molecule has 2 atom stereocenters. The topological polar surface area (TPSA) is 57.7 Å². The molecular weight excluding hydrogens is 344 g/mol. The van der Waals surface area contributed by atoms with Gasteiger partial charge in [-0.2, -0.15) is 4.31 Å². The molecule has 1 amide bonds. The fraction of sp³-hybridized carbons (Fsp3) is 0.706. The molecular formula is C17H26N2O3S2. The van der Waals surface area contributed by atoms with Gasteiger partial charge in [-0.25, -0.2) is 8.42 Å². The Kier molecular flexibility index (Phi) is 5.32. The maximum atomic E-state index is 13.0. The van der Waals surface area contributed by atoms with E-state index in [2.05, 4.69) is 13.8 Å². The van der Waals surface area contributed by atoms with Gasteiger partial charge in [-0.15, -0.1) is 11.3 Å². The van der Waals surface area contributed by atoms with Crippen LogP contribution in [0, 0.1) is 11.8 Å². The molecule has 3 rings (SSSR count). The number of thiophene rings is 1. The van der Waals surface area contributed by atoms with Gasteiger partial charge in [0, 0.05) is 26.2 Å². The minimum atomic E-state index is -3.56. The van der Waals surface area contributed by atoms with Gasteiger partial charge in [0.15, 0.2) is 0 Å². The van der Waals surface area contributed by atoms with Gasteiger partial charge in [0.05, 0.1) is 0 Å². The monoisotopic (exact) mass is 370 g/mol. The lowest BCUT2D eigenvalue weighted by atomic mass is 9.92. The Bertz CT molecular complexity index is 682. The number of nitrogens with zero attached hydrogens (tertiary/aromatic N) is 2. The minimum Gasteiger partial charge on any atom is -0.337 e. The smallest absolute Gasteiger partial charge is 0.265 e. The standard InChI is InChI=1S/C17H26N2O3S2/c1-13-10-14(2)12-18(11-13)17(20)16-15(6-9-23-16)24(21,22)19-7-4-3-5-8-19/h6,9,13-14H,3-5,7-8,10-12H2,1-2H3. The molecule has 1 aromatic heterocycles. The fourth-order valence-corrected chi connectivity index (χ4v) is 6.75. The Morgan fingerprint density at radius 2 is 1.75 bits per heavy atom. The van der Waals surface area contributed by atoms with Crippen LogP contribution in [0.4, 0.5) is 0 Å². The Morgan fingerprint density at radius 1 is 1.12 bits per heavy atom. The highest BCUT2D eigenvalue weighted by Gasteiger charge is 2.34. The van der Waals surface area contributed by atoms with Gasteiger partial charge >= 0.3 is 0 Å². The first kappa shape index (κ1) is 17.9. The number of likely N-dealkylation sites (tertiary alicyclic amines) is 1. The van der Waals surface area contributed by atoms with Crippen molar-refractivity contribution >= 4 is 27.3 Å². The largest absolute Gasteiger partial charge is 0.337 e. The van der Waals surface area contributed by atoms with Crippen LogP contribution in [-0.2, 0) is 10.0 Å². The van der Waals surface area contributed by atoms with Crippen molar-refractivity contribution in [2.75, 3.05) is 26.2 Å². The lowest BCUT2D eigenvalue weighted by Crippen LogP contribution is -2.43. The first-order chi connectivity index (χ1) is 11.4. The predicted octanol–water partition coefficient (Wildman–Crippen LogP) is 3.04. The van der Waals surface area contributed by atoms with Crippen molar-refractivity contribution < 1.29 is 13.2 Å². The lowest BCUT2D eigenvalue weighted by molar-refractivity contribution is 0.0624. The van der Waals surface area contributed by atoms with Crippen LogP contribution in [-0.4, -0.2) is 49.7 Å². The summed E-state index contributed by atoms with van der Waals surface area (Å²) in [5, 5.41) is 1.72. The van der Waals surface area contributed by atoms with Crippen molar-refractivity contribution in [3.05, 3.63) is 16.3 Å². The fourth-order valence-electron chi connectivity index (χ4n) is 3.87. The van der Waals surface area contributed by atoms with E-state index >= 15 is 0 Å². The van der Waals surface area contributed by atoms with Gasteiger partial charge in [0.1, 0.15) is 9.77 Å². The number of piperidine rings is 2. The molecule has 0 spiro atoms. The van der Waals surface area contributed by atoms with Gasteiger partial charge in [0.2, 0.25) is 10.0 Å². The molecule has 7 heteroatoms. The molecule has 0 N–H and O–H groups in total. The Labute approximate surface area is 148 Å². The first-order valence-electron chi connectivity index (χ1n) is 8.76. The molecule has 0 saturated carbocycles. The Morgan fingerprint density at radius 3 is 2.38 bits per heavy atom. The molecule has 5 nitrogen and oxygen atoms in total. The van der Waals surface area contributed by atoms with Crippen molar-refractivity contribution in [2.45, 2.75) is 44.4 Å². The number of rotatable bonds is 3. The van der Waals surface area contributed by atoms with Crippen LogP contribution >= 0.6 is 11.3 Å². The van der Waals surface area contributed by atoms with E-state index in [9.17, 15) is 13.2 Å². The van der Waals surface area contributed by atoms with E-state index in [1.165, 1.54) is 15.6 Å². The summed E-state index contributed by atoms with van der Waals surface area (Å²) >= 11 is 1.25. The third-order valence-electron chi connectivity index (χ3n) is 4.91. The van der Waals surface area contributed by atoms with Crippen LogP contribution in [0.2, 0.25) is 0 Å². The number of carbonyl (C=O) groups is 1.